The summed E-state index contributed by atoms with van der Waals surface area (Å²) in [4.78, 5) is 0. The lowest BCUT2D eigenvalue weighted by Crippen LogP contribution is -1.90. The standard InChI is InChI=1S/C13H12ClN3O/c1-18-13-8-11(6-7-12(13)15)17-16-10-4-2-9(14)3-5-10/h2-8H,15H2,1H3/b17-16+. The highest BCUT2D eigenvalue weighted by Crippen LogP contribution is 2.28. The summed E-state index contributed by atoms with van der Waals surface area (Å²) in [5.41, 5.74) is 7.69. The van der Waals surface area contributed by atoms with Gasteiger partial charge in [0.15, 0.2) is 0 Å². The average molecular weight is 262 g/mol. The van der Waals surface area contributed by atoms with Gasteiger partial charge in [-0.25, -0.2) is 0 Å². The maximum atomic E-state index is 5.78. The number of ether oxygens (including phenoxy) is 1. The molecular weight excluding hydrogens is 250 g/mol. The molecule has 0 unspecified atom stereocenters. The molecule has 18 heavy (non-hydrogen) atoms. The second kappa shape index (κ2) is 5.51. The first-order valence-corrected chi connectivity index (χ1v) is 5.67. The summed E-state index contributed by atoms with van der Waals surface area (Å²) in [6.07, 6.45) is 0. The predicted molar refractivity (Wildman–Crippen MR) is 73.0 cm³/mol. The van der Waals surface area contributed by atoms with Gasteiger partial charge in [-0.1, -0.05) is 11.6 Å². The molecule has 0 aliphatic heterocycles. The van der Waals surface area contributed by atoms with Gasteiger partial charge in [-0.15, -0.1) is 0 Å². The SMILES string of the molecule is COc1cc(/N=N/c2ccc(Cl)cc2)ccc1N. The average Bonchev–Trinajstić information content (AvgIpc) is 2.39. The van der Waals surface area contributed by atoms with Crippen LogP contribution in [0.3, 0.4) is 0 Å². The Kier molecular flexibility index (Phi) is 3.79. The quantitative estimate of drug-likeness (QED) is 0.660. The van der Waals surface area contributed by atoms with E-state index in [1.807, 2.05) is 0 Å². The number of halogens is 1. The molecule has 2 aromatic rings. The minimum atomic E-state index is 0.572. The monoisotopic (exact) mass is 261 g/mol. The first kappa shape index (κ1) is 12.4. The molecule has 5 heteroatoms. The molecule has 0 atom stereocenters. The zero-order chi connectivity index (χ0) is 13.0. The highest BCUT2D eigenvalue weighted by Gasteiger charge is 1.99. The van der Waals surface area contributed by atoms with Gasteiger partial charge in [-0.05, 0) is 36.4 Å². The number of nitrogen functional groups attached to an aromatic ring is 1. The molecule has 0 saturated carbocycles. The van der Waals surface area contributed by atoms with E-state index in [0.717, 1.165) is 5.69 Å². The number of hydrogen-bond donors (Lipinski definition) is 1. The minimum absolute atomic E-state index is 0.572. The van der Waals surface area contributed by atoms with Crippen LogP contribution in [0.2, 0.25) is 5.02 Å². The van der Waals surface area contributed by atoms with Crippen LogP contribution in [0.1, 0.15) is 0 Å². The van der Waals surface area contributed by atoms with Crippen molar-refractivity contribution >= 4 is 28.7 Å². The maximum absolute atomic E-state index is 5.78. The van der Waals surface area contributed by atoms with Gasteiger partial charge in [-0.3, -0.25) is 0 Å². The number of nitrogens with zero attached hydrogens (tertiary/aromatic N) is 2. The fraction of sp³-hybridized carbons (Fsp3) is 0.0769. The van der Waals surface area contributed by atoms with Crippen LogP contribution in [-0.2, 0) is 0 Å². The summed E-state index contributed by atoms with van der Waals surface area (Å²) in [5, 5.41) is 8.86. The van der Waals surface area contributed by atoms with E-state index in [0.29, 0.717) is 22.1 Å². The number of anilines is 1. The molecule has 2 N–H and O–H groups in total. The first-order valence-electron chi connectivity index (χ1n) is 5.30. The molecule has 0 amide bonds. The van der Waals surface area contributed by atoms with E-state index in [-0.39, 0.29) is 0 Å². The van der Waals surface area contributed by atoms with Crippen molar-refractivity contribution in [2.75, 3.05) is 12.8 Å². The van der Waals surface area contributed by atoms with Gasteiger partial charge in [0.05, 0.1) is 24.2 Å². The third-order valence-electron chi connectivity index (χ3n) is 2.32. The number of rotatable bonds is 3. The molecule has 0 fully saturated rings. The summed E-state index contributed by atoms with van der Waals surface area (Å²) >= 11 is 5.78. The second-order valence-corrected chi connectivity index (χ2v) is 4.04. The van der Waals surface area contributed by atoms with Gasteiger partial charge < -0.3 is 10.5 Å². The largest absolute Gasteiger partial charge is 0.495 e. The Hall–Kier alpha value is -2.07. The molecule has 92 valence electrons. The van der Waals surface area contributed by atoms with Crippen LogP contribution in [0.25, 0.3) is 0 Å². The second-order valence-electron chi connectivity index (χ2n) is 3.60. The molecule has 0 saturated heterocycles. The zero-order valence-corrected chi connectivity index (χ0v) is 10.6. The first-order chi connectivity index (χ1) is 8.69. The zero-order valence-electron chi connectivity index (χ0n) is 9.80. The Morgan fingerprint density at radius 2 is 1.61 bits per heavy atom. The summed E-state index contributed by atoms with van der Waals surface area (Å²) in [7, 11) is 1.56. The van der Waals surface area contributed by atoms with Gasteiger partial charge >= 0.3 is 0 Å². The number of azo groups is 1. The molecule has 4 nitrogen and oxygen atoms in total. The maximum Gasteiger partial charge on any atom is 0.143 e. The fourth-order valence-corrected chi connectivity index (χ4v) is 1.51. The molecule has 0 aliphatic carbocycles. The third kappa shape index (κ3) is 2.99. The van der Waals surface area contributed by atoms with Crippen LogP contribution in [-0.4, -0.2) is 7.11 Å². The lowest BCUT2D eigenvalue weighted by Gasteiger charge is -2.03. The van der Waals surface area contributed by atoms with E-state index >= 15 is 0 Å². The summed E-state index contributed by atoms with van der Waals surface area (Å²) < 4.78 is 5.11. The van der Waals surface area contributed by atoms with Gasteiger partial charge in [0.1, 0.15) is 5.75 Å². The fourth-order valence-electron chi connectivity index (χ4n) is 1.39. The van der Waals surface area contributed by atoms with Crippen molar-refractivity contribution in [1.82, 2.24) is 0 Å². The van der Waals surface area contributed by atoms with Crippen molar-refractivity contribution in [3.8, 4) is 5.75 Å². The molecule has 0 bridgehead atoms. The van der Waals surface area contributed by atoms with Crippen LogP contribution < -0.4 is 10.5 Å². The Bertz CT molecular complexity index is 567. The van der Waals surface area contributed by atoms with Crippen molar-refractivity contribution in [3.05, 3.63) is 47.5 Å². The minimum Gasteiger partial charge on any atom is -0.495 e. The van der Waals surface area contributed by atoms with Crippen LogP contribution in [0.4, 0.5) is 17.1 Å². The van der Waals surface area contributed by atoms with Crippen LogP contribution in [0.5, 0.6) is 5.75 Å². The van der Waals surface area contributed by atoms with Gasteiger partial charge in [-0.2, -0.15) is 10.2 Å². The van der Waals surface area contributed by atoms with Crippen molar-refractivity contribution in [3.63, 3.8) is 0 Å². The third-order valence-corrected chi connectivity index (χ3v) is 2.58. The summed E-state index contributed by atoms with van der Waals surface area (Å²) in [6, 6.07) is 12.3. The lowest BCUT2D eigenvalue weighted by atomic mass is 10.2. The molecule has 0 aliphatic rings. The van der Waals surface area contributed by atoms with E-state index < -0.39 is 0 Å². The summed E-state index contributed by atoms with van der Waals surface area (Å²) in [6.45, 7) is 0. The van der Waals surface area contributed by atoms with Gasteiger partial charge in [0, 0.05) is 11.1 Å². The van der Waals surface area contributed by atoms with Crippen LogP contribution >= 0.6 is 11.6 Å². The van der Waals surface area contributed by atoms with Crippen molar-refractivity contribution in [2.45, 2.75) is 0 Å². The van der Waals surface area contributed by atoms with E-state index in [1.54, 1.807) is 49.6 Å². The molecule has 2 aromatic carbocycles. The van der Waals surface area contributed by atoms with Gasteiger partial charge in [0.25, 0.3) is 0 Å². The van der Waals surface area contributed by atoms with E-state index in [1.165, 1.54) is 0 Å². The highest BCUT2D eigenvalue weighted by atomic mass is 35.5. The lowest BCUT2D eigenvalue weighted by molar-refractivity contribution is 0.417. The predicted octanol–water partition coefficient (Wildman–Crippen LogP) is 4.35. The summed E-state index contributed by atoms with van der Waals surface area (Å²) in [5.74, 6) is 0.586. The molecule has 0 heterocycles. The van der Waals surface area contributed by atoms with Crippen molar-refractivity contribution in [1.29, 1.82) is 0 Å². The number of benzene rings is 2. The van der Waals surface area contributed by atoms with Crippen molar-refractivity contribution in [2.24, 2.45) is 10.2 Å². The number of hydrogen-bond acceptors (Lipinski definition) is 4. The molecular formula is C13H12ClN3O. The Morgan fingerprint density at radius 1 is 1.00 bits per heavy atom. The Balaban J connectivity index is 2.20. The van der Waals surface area contributed by atoms with Gasteiger partial charge in [0.2, 0.25) is 0 Å². The number of methoxy groups -OCH3 is 1. The number of nitrogens with two attached hydrogens (primary N) is 1. The van der Waals surface area contributed by atoms with E-state index in [4.69, 9.17) is 22.1 Å². The van der Waals surface area contributed by atoms with E-state index in [9.17, 15) is 0 Å². The van der Waals surface area contributed by atoms with Crippen molar-refractivity contribution < 1.29 is 4.74 Å². The molecule has 2 rings (SSSR count). The van der Waals surface area contributed by atoms with Crippen LogP contribution in [0.15, 0.2) is 52.7 Å². The van der Waals surface area contributed by atoms with Crippen LogP contribution in [0, 0.1) is 0 Å². The normalized spacial score (nSPS) is 10.8. The van der Waals surface area contributed by atoms with E-state index in [2.05, 4.69) is 10.2 Å². The molecule has 0 aromatic heterocycles. The topological polar surface area (TPSA) is 60.0 Å². The smallest absolute Gasteiger partial charge is 0.143 e. The molecule has 0 radical (unpaired) electrons. The Labute approximate surface area is 110 Å². The highest BCUT2D eigenvalue weighted by molar-refractivity contribution is 6.30. The molecule has 0 spiro atoms. The Morgan fingerprint density at radius 3 is 2.28 bits per heavy atom.